The summed E-state index contributed by atoms with van der Waals surface area (Å²) >= 11 is 0. The van der Waals surface area contributed by atoms with Crippen LogP contribution in [0, 0.1) is 0 Å². The van der Waals surface area contributed by atoms with Crippen LogP contribution in [0.4, 0.5) is 0 Å². The number of nitrogens with zero attached hydrogens (tertiary/aromatic N) is 1. The Balaban J connectivity index is 1.25. The molecule has 0 N–H and O–H groups in total. The molecule has 0 saturated heterocycles. The number of pyridine rings is 1. The van der Waals surface area contributed by atoms with Gasteiger partial charge in [0, 0.05) is 49.0 Å². The molecule has 254 valence electrons. The molecule has 0 fully saturated rings. The van der Waals surface area contributed by atoms with Gasteiger partial charge in [0.2, 0.25) is 0 Å². The van der Waals surface area contributed by atoms with Crippen molar-refractivity contribution in [2.24, 2.45) is 0 Å². The molecule has 0 saturated carbocycles. The molecule has 0 bridgehead atoms. The second kappa shape index (κ2) is 11.6. The van der Waals surface area contributed by atoms with Crippen LogP contribution in [0.1, 0.15) is 0 Å². The minimum Gasteiger partial charge on any atom is -0.455 e. The lowest BCUT2D eigenvalue weighted by Crippen LogP contribution is -1.95. The lowest BCUT2D eigenvalue weighted by atomic mass is 9.83. The Kier molecular flexibility index (Phi) is 6.37. The number of aromatic nitrogens is 1. The SMILES string of the molecule is c1ccc(-c2nc3c4ccccc4ccc3c3c2cc(-c2c4ccccc4c(-c4cccc5c4oc4ccccc45)c4ccccc24)c2ccccc23)cc1. The Morgan fingerprint density at radius 2 is 0.909 bits per heavy atom. The third-order valence-electron chi connectivity index (χ3n) is 11.6. The number of furan rings is 1. The van der Waals surface area contributed by atoms with Crippen molar-refractivity contribution < 1.29 is 4.42 Å². The predicted molar refractivity (Wildman–Crippen MR) is 233 cm³/mol. The summed E-state index contributed by atoms with van der Waals surface area (Å²) < 4.78 is 6.67. The molecular formula is C53H31NO. The Hall–Kier alpha value is -7.29. The van der Waals surface area contributed by atoms with Crippen LogP contribution in [0.3, 0.4) is 0 Å². The first-order valence-corrected chi connectivity index (χ1v) is 18.9. The zero-order valence-corrected chi connectivity index (χ0v) is 29.8. The zero-order chi connectivity index (χ0) is 36.0. The molecule has 0 aliphatic carbocycles. The lowest BCUT2D eigenvalue weighted by molar-refractivity contribution is 0.670. The van der Waals surface area contributed by atoms with Crippen LogP contribution < -0.4 is 0 Å². The smallest absolute Gasteiger partial charge is 0.143 e. The van der Waals surface area contributed by atoms with Crippen molar-refractivity contribution in [1.29, 1.82) is 0 Å². The van der Waals surface area contributed by atoms with Crippen LogP contribution in [-0.2, 0) is 0 Å². The average molecular weight is 698 g/mol. The van der Waals surface area contributed by atoms with Gasteiger partial charge in [-0.05, 0) is 61.0 Å². The van der Waals surface area contributed by atoms with Gasteiger partial charge >= 0.3 is 0 Å². The summed E-state index contributed by atoms with van der Waals surface area (Å²) in [4.78, 5) is 5.56. The first kappa shape index (κ1) is 30.2. The third-order valence-corrected chi connectivity index (χ3v) is 11.6. The zero-order valence-electron chi connectivity index (χ0n) is 29.8. The standard InChI is InChI=1S/C53H31NO/c1-2-16-33(17-3-1)51-46-31-45(35-19-6-7-21-37(35)50(46)43-30-29-32-15-4-5-18-34(32)52(43)54-51)49-40-24-10-8-22-38(40)48(39-23-9-11-25-41(39)49)44-27-14-26-42-36-20-12-13-28-47(36)55-53(42)44/h1-31H. The molecule has 0 aliphatic heterocycles. The Bertz CT molecular complexity index is 3480. The fourth-order valence-electron chi connectivity index (χ4n) is 9.28. The molecule has 0 atom stereocenters. The Morgan fingerprint density at radius 3 is 1.64 bits per heavy atom. The second-order valence-electron chi connectivity index (χ2n) is 14.5. The summed E-state index contributed by atoms with van der Waals surface area (Å²) in [5.41, 5.74) is 9.66. The van der Waals surface area contributed by atoms with E-state index in [2.05, 4.69) is 182 Å². The minimum absolute atomic E-state index is 0.904. The van der Waals surface area contributed by atoms with Crippen molar-refractivity contribution in [3.05, 3.63) is 188 Å². The van der Waals surface area contributed by atoms with E-state index >= 15 is 0 Å². The van der Waals surface area contributed by atoms with Gasteiger partial charge in [-0.2, -0.15) is 0 Å². The summed E-state index contributed by atoms with van der Waals surface area (Å²) in [7, 11) is 0. The number of rotatable bonds is 3. The molecule has 2 nitrogen and oxygen atoms in total. The Morgan fingerprint density at radius 1 is 0.345 bits per heavy atom. The molecule has 12 aromatic rings. The maximum absolute atomic E-state index is 6.67. The normalized spacial score (nSPS) is 12.0. The summed E-state index contributed by atoms with van der Waals surface area (Å²) in [5.74, 6) is 0. The molecule has 0 radical (unpaired) electrons. The highest BCUT2D eigenvalue weighted by Crippen LogP contribution is 2.50. The van der Waals surface area contributed by atoms with Gasteiger partial charge in [-0.3, -0.25) is 0 Å². The summed E-state index contributed by atoms with van der Waals surface area (Å²) in [6.07, 6.45) is 0. The van der Waals surface area contributed by atoms with Crippen LogP contribution >= 0.6 is 0 Å². The van der Waals surface area contributed by atoms with Crippen molar-refractivity contribution in [2.45, 2.75) is 0 Å². The van der Waals surface area contributed by atoms with Gasteiger partial charge in [0.25, 0.3) is 0 Å². The van der Waals surface area contributed by atoms with E-state index in [9.17, 15) is 0 Å². The highest BCUT2D eigenvalue weighted by Gasteiger charge is 2.23. The molecular weight excluding hydrogens is 667 g/mol. The summed E-state index contributed by atoms with van der Waals surface area (Å²) in [5, 5.41) is 15.4. The molecule has 0 unspecified atom stereocenters. The van der Waals surface area contributed by atoms with Gasteiger partial charge < -0.3 is 4.42 Å². The molecule has 2 heterocycles. The summed E-state index contributed by atoms with van der Waals surface area (Å²) in [6.45, 7) is 0. The van der Waals surface area contributed by atoms with Gasteiger partial charge in [0.15, 0.2) is 0 Å². The van der Waals surface area contributed by atoms with Crippen LogP contribution in [0.5, 0.6) is 0 Å². The Labute approximate surface area is 316 Å². The topological polar surface area (TPSA) is 26.0 Å². The van der Waals surface area contributed by atoms with E-state index < -0.39 is 0 Å². The predicted octanol–water partition coefficient (Wildman–Crippen LogP) is 14.9. The van der Waals surface area contributed by atoms with E-state index in [1.807, 2.05) is 6.07 Å². The third kappa shape index (κ3) is 4.34. The maximum atomic E-state index is 6.67. The van der Waals surface area contributed by atoms with Crippen LogP contribution in [0.15, 0.2) is 192 Å². The van der Waals surface area contributed by atoms with Gasteiger partial charge in [0.05, 0.1) is 11.2 Å². The molecule has 0 amide bonds. The molecule has 0 aliphatic rings. The second-order valence-corrected chi connectivity index (χ2v) is 14.5. The van der Waals surface area contributed by atoms with Gasteiger partial charge in [-0.15, -0.1) is 0 Å². The molecule has 55 heavy (non-hydrogen) atoms. The van der Waals surface area contributed by atoms with Crippen molar-refractivity contribution in [2.75, 3.05) is 0 Å². The number of para-hydroxylation sites is 2. The lowest BCUT2D eigenvalue weighted by Gasteiger charge is -2.21. The molecule has 0 spiro atoms. The molecule has 10 aromatic carbocycles. The van der Waals surface area contributed by atoms with Crippen molar-refractivity contribution >= 4 is 86.7 Å². The van der Waals surface area contributed by atoms with Crippen LogP contribution in [0.25, 0.3) is 120 Å². The monoisotopic (exact) mass is 697 g/mol. The van der Waals surface area contributed by atoms with E-state index in [1.54, 1.807) is 0 Å². The number of fused-ring (bicyclic) bond motifs is 12. The van der Waals surface area contributed by atoms with Crippen molar-refractivity contribution in [3.63, 3.8) is 0 Å². The van der Waals surface area contributed by atoms with Gasteiger partial charge in [-0.25, -0.2) is 4.98 Å². The minimum atomic E-state index is 0.904. The maximum Gasteiger partial charge on any atom is 0.143 e. The van der Waals surface area contributed by atoms with Crippen molar-refractivity contribution in [3.8, 4) is 33.5 Å². The quantitative estimate of drug-likeness (QED) is 0.136. The first-order valence-electron chi connectivity index (χ1n) is 18.9. The largest absolute Gasteiger partial charge is 0.455 e. The molecule has 2 heteroatoms. The van der Waals surface area contributed by atoms with Gasteiger partial charge in [-0.1, -0.05) is 176 Å². The fraction of sp³-hybridized carbons (Fsp3) is 0. The highest BCUT2D eigenvalue weighted by atomic mass is 16.3. The van der Waals surface area contributed by atoms with E-state index in [0.717, 1.165) is 49.7 Å². The number of benzene rings is 10. The van der Waals surface area contributed by atoms with E-state index in [4.69, 9.17) is 9.40 Å². The van der Waals surface area contributed by atoms with E-state index in [-0.39, 0.29) is 0 Å². The summed E-state index contributed by atoms with van der Waals surface area (Å²) in [6, 6.07) is 67.9. The van der Waals surface area contributed by atoms with E-state index in [0.29, 0.717) is 0 Å². The van der Waals surface area contributed by atoms with Crippen molar-refractivity contribution in [1.82, 2.24) is 4.98 Å². The highest BCUT2D eigenvalue weighted by molar-refractivity contribution is 6.31. The van der Waals surface area contributed by atoms with Crippen LogP contribution in [-0.4, -0.2) is 4.98 Å². The van der Waals surface area contributed by atoms with Crippen LogP contribution in [0.2, 0.25) is 0 Å². The number of hydrogen-bond acceptors (Lipinski definition) is 2. The first-order chi connectivity index (χ1) is 27.3. The fourth-order valence-corrected chi connectivity index (χ4v) is 9.28. The molecule has 12 rings (SSSR count). The average Bonchev–Trinajstić information content (AvgIpc) is 3.64. The molecule has 2 aromatic heterocycles. The van der Waals surface area contributed by atoms with E-state index in [1.165, 1.54) is 70.6 Å². The number of hydrogen-bond donors (Lipinski definition) is 0. The van der Waals surface area contributed by atoms with Gasteiger partial charge in [0.1, 0.15) is 11.2 Å².